The summed E-state index contributed by atoms with van der Waals surface area (Å²) >= 11 is 1.72. The highest BCUT2D eigenvalue weighted by atomic mass is 32.1. The van der Waals surface area contributed by atoms with Crippen molar-refractivity contribution in [2.75, 3.05) is 36.0 Å². The fourth-order valence-corrected chi connectivity index (χ4v) is 3.76. The maximum atomic E-state index is 4.53. The molecule has 3 aromatic rings. The molecule has 23 heavy (non-hydrogen) atoms. The molecule has 0 aromatic carbocycles. The third-order valence-electron chi connectivity index (χ3n) is 4.08. The second-order valence-corrected chi connectivity index (χ2v) is 6.98. The van der Waals surface area contributed by atoms with Crippen molar-refractivity contribution in [3.63, 3.8) is 0 Å². The van der Waals surface area contributed by atoms with E-state index in [1.165, 1.54) is 4.88 Å². The molecule has 1 aliphatic heterocycles. The SMILES string of the molecule is Cc1ccnc(N2CCN(c3ncnc4sc(C)cc34)CC2)n1. The molecule has 0 aliphatic carbocycles. The topological polar surface area (TPSA) is 58.0 Å². The summed E-state index contributed by atoms with van der Waals surface area (Å²) in [4.78, 5) is 24.7. The van der Waals surface area contributed by atoms with Crippen LogP contribution in [0.5, 0.6) is 0 Å². The zero-order valence-corrected chi connectivity index (χ0v) is 14.0. The molecule has 0 saturated carbocycles. The van der Waals surface area contributed by atoms with Gasteiger partial charge in [-0.25, -0.2) is 19.9 Å². The molecular formula is C16H18N6S. The summed E-state index contributed by atoms with van der Waals surface area (Å²) < 4.78 is 0. The van der Waals surface area contributed by atoms with Crippen LogP contribution >= 0.6 is 11.3 Å². The minimum Gasteiger partial charge on any atom is -0.352 e. The van der Waals surface area contributed by atoms with Gasteiger partial charge >= 0.3 is 0 Å². The van der Waals surface area contributed by atoms with Gasteiger partial charge in [-0.05, 0) is 26.0 Å². The van der Waals surface area contributed by atoms with Crippen LogP contribution in [0.4, 0.5) is 11.8 Å². The molecule has 3 aromatic heterocycles. The molecule has 1 aliphatic rings. The van der Waals surface area contributed by atoms with E-state index in [1.807, 2.05) is 19.2 Å². The van der Waals surface area contributed by atoms with Crippen LogP contribution in [0.1, 0.15) is 10.6 Å². The largest absolute Gasteiger partial charge is 0.352 e. The van der Waals surface area contributed by atoms with Crippen LogP contribution in [0.2, 0.25) is 0 Å². The van der Waals surface area contributed by atoms with E-state index >= 15 is 0 Å². The summed E-state index contributed by atoms with van der Waals surface area (Å²) in [6.45, 7) is 7.74. The van der Waals surface area contributed by atoms with Crippen molar-refractivity contribution in [2.24, 2.45) is 0 Å². The minimum absolute atomic E-state index is 0.823. The number of aryl methyl sites for hydroxylation is 2. The summed E-state index contributed by atoms with van der Waals surface area (Å²) in [7, 11) is 0. The van der Waals surface area contributed by atoms with Crippen molar-refractivity contribution in [1.29, 1.82) is 0 Å². The smallest absolute Gasteiger partial charge is 0.225 e. The maximum absolute atomic E-state index is 4.53. The number of nitrogens with zero attached hydrogens (tertiary/aromatic N) is 6. The van der Waals surface area contributed by atoms with Gasteiger partial charge in [-0.1, -0.05) is 0 Å². The van der Waals surface area contributed by atoms with E-state index in [4.69, 9.17) is 0 Å². The van der Waals surface area contributed by atoms with Crippen molar-refractivity contribution in [2.45, 2.75) is 13.8 Å². The zero-order valence-electron chi connectivity index (χ0n) is 13.2. The van der Waals surface area contributed by atoms with Crippen molar-refractivity contribution >= 4 is 33.3 Å². The van der Waals surface area contributed by atoms with Gasteiger partial charge in [0.25, 0.3) is 0 Å². The fraction of sp³-hybridized carbons (Fsp3) is 0.375. The van der Waals surface area contributed by atoms with E-state index in [2.05, 4.69) is 42.7 Å². The number of rotatable bonds is 2. The normalized spacial score (nSPS) is 15.4. The molecule has 4 rings (SSSR count). The lowest BCUT2D eigenvalue weighted by Crippen LogP contribution is -2.47. The monoisotopic (exact) mass is 326 g/mol. The highest BCUT2D eigenvalue weighted by Crippen LogP contribution is 2.30. The Labute approximate surface area is 138 Å². The first-order valence-corrected chi connectivity index (χ1v) is 8.53. The van der Waals surface area contributed by atoms with Crippen molar-refractivity contribution in [3.8, 4) is 0 Å². The van der Waals surface area contributed by atoms with Gasteiger partial charge in [-0.15, -0.1) is 11.3 Å². The predicted octanol–water partition coefficient (Wildman–Crippen LogP) is 2.42. The molecule has 0 unspecified atom stereocenters. The Kier molecular flexibility index (Phi) is 3.57. The van der Waals surface area contributed by atoms with Gasteiger partial charge < -0.3 is 9.80 Å². The number of fused-ring (bicyclic) bond motifs is 1. The molecule has 0 atom stereocenters. The van der Waals surface area contributed by atoms with Gasteiger partial charge in [-0.2, -0.15) is 0 Å². The number of piperazine rings is 1. The van der Waals surface area contributed by atoms with Crippen molar-refractivity contribution < 1.29 is 0 Å². The minimum atomic E-state index is 0.823. The lowest BCUT2D eigenvalue weighted by atomic mass is 10.2. The van der Waals surface area contributed by atoms with Crippen LogP contribution in [0, 0.1) is 13.8 Å². The Bertz CT molecular complexity index is 837. The Morgan fingerprint density at radius 3 is 2.57 bits per heavy atom. The van der Waals surface area contributed by atoms with Gasteiger partial charge in [0.05, 0.1) is 5.39 Å². The number of anilines is 2. The predicted molar refractivity (Wildman–Crippen MR) is 93.3 cm³/mol. The molecular weight excluding hydrogens is 308 g/mol. The molecule has 0 spiro atoms. The average molecular weight is 326 g/mol. The van der Waals surface area contributed by atoms with Crippen LogP contribution in [0.15, 0.2) is 24.7 Å². The summed E-state index contributed by atoms with van der Waals surface area (Å²) in [5.41, 5.74) is 1.00. The maximum Gasteiger partial charge on any atom is 0.225 e. The summed E-state index contributed by atoms with van der Waals surface area (Å²) in [5, 5.41) is 1.16. The fourth-order valence-electron chi connectivity index (χ4n) is 2.92. The lowest BCUT2D eigenvalue weighted by Gasteiger charge is -2.35. The molecule has 6 nitrogen and oxygen atoms in total. The molecule has 0 bridgehead atoms. The van der Waals surface area contributed by atoms with Crippen LogP contribution < -0.4 is 9.80 Å². The second kappa shape index (κ2) is 5.73. The first-order chi connectivity index (χ1) is 11.2. The summed E-state index contributed by atoms with van der Waals surface area (Å²) in [5.74, 6) is 1.87. The van der Waals surface area contributed by atoms with Gasteiger partial charge in [0.1, 0.15) is 17.0 Å². The Hall–Kier alpha value is -2.28. The van der Waals surface area contributed by atoms with Crippen LogP contribution in [-0.4, -0.2) is 46.1 Å². The zero-order chi connectivity index (χ0) is 15.8. The molecule has 4 heterocycles. The number of hydrogen-bond acceptors (Lipinski definition) is 7. The highest BCUT2D eigenvalue weighted by molar-refractivity contribution is 7.18. The Morgan fingerprint density at radius 1 is 1.00 bits per heavy atom. The Morgan fingerprint density at radius 2 is 1.78 bits per heavy atom. The molecule has 7 heteroatoms. The van der Waals surface area contributed by atoms with Gasteiger partial charge in [-0.3, -0.25) is 0 Å². The lowest BCUT2D eigenvalue weighted by molar-refractivity contribution is 0.635. The number of aromatic nitrogens is 4. The van der Waals surface area contributed by atoms with Crippen molar-refractivity contribution in [1.82, 2.24) is 19.9 Å². The molecule has 118 valence electrons. The number of thiophene rings is 1. The van der Waals surface area contributed by atoms with E-state index in [0.717, 1.165) is 53.9 Å². The summed E-state index contributed by atoms with van der Waals surface area (Å²) in [6, 6.07) is 4.11. The summed E-state index contributed by atoms with van der Waals surface area (Å²) in [6.07, 6.45) is 3.50. The highest BCUT2D eigenvalue weighted by Gasteiger charge is 2.22. The van der Waals surface area contributed by atoms with E-state index in [-0.39, 0.29) is 0 Å². The molecule has 0 N–H and O–H groups in total. The first-order valence-electron chi connectivity index (χ1n) is 7.71. The Balaban J connectivity index is 1.55. The molecule has 0 amide bonds. The van der Waals surface area contributed by atoms with Crippen molar-refractivity contribution in [3.05, 3.63) is 35.2 Å². The third kappa shape index (κ3) is 2.72. The average Bonchev–Trinajstić information content (AvgIpc) is 2.95. The van der Waals surface area contributed by atoms with Gasteiger partial charge in [0.2, 0.25) is 5.95 Å². The van der Waals surface area contributed by atoms with Crippen LogP contribution in [0.3, 0.4) is 0 Å². The standard InChI is InChI=1S/C16H18N6S/c1-11-3-4-17-16(20-11)22-7-5-21(6-8-22)14-13-9-12(2)23-15(13)19-10-18-14/h3-4,9-10H,5-8H2,1-2H3. The van der Waals surface area contributed by atoms with Crippen LogP contribution in [-0.2, 0) is 0 Å². The quantitative estimate of drug-likeness (QED) is 0.721. The number of hydrogen-bond donors (Lipinski definition) is 0. The third-order valence-corrected chi connectivity index (χ3v) is 5.03. The van der Waals surface area contributed by atoms with Crippen LogP contribution in [0.25, 0.3) is 10.2 Å². The van der Waals surface area contributed by atoms with E-state index in [9.17, 15) is 0 Å². The molecule has 1 saturated heterocycles. The first kappa shape index (κ1) is 14.3. The van der Waals surface area contributed by atoms with E-state index in [0.29, 0.717) is 0 Å². The van der Waals surface area contributed by atoms with E-state index < -0.39 is 0 Å². The molecule has 1 fully saturated rings. The van der Waals surface area contributed by atoms with E-state index in [1.54, 1.807) is 17.7 Å². The second-order valence-electron chi connectivity index (χ2n) is 5.75. The van der Waals surface area contributed by atoms with Gasteiger partial charge in [0, 0.05) is 42.9 Å². The molecule has 0 radical (unpaired) electrons. The van der Waals surface area contributed by atoms with Gasteiger partial charge in [0.15, 0.2) is 0 Å².